The fraction of sp³-hybridized carbons (Fsp3) is 0.133. The molecule has 104 valence electrons. The van der Waals surface area contributed by atoms with E-state index in [0.717, 1.165) is 27.9 Å². The smallest absolute Gasteiger partial charge is 0.242 e. The quantitative estimate of drug-likeness (QED) is 0.753. The number of fused-ring (bicyclic) bond motifs is 3. The number of aromatic amines is 1. The Morgan fingerprint density at radius 3 is 3.00 bits per heavy atom. The van der Waals surface area contributed by atoms with Crippen molar-refractivity contribution in [1.82, 2.24) is 20.2 Å². The van der Waals surface area contributed by atoms with Crippen molar-refractivity contribution in [2.75, 3.05) is 12.4 Å². The van der Waals surface area contributed by atoms with Crippen molar-refractivity contribution >= 4 is 5.82 Å². The summed E-state index contributed by atoms with van der Waals surface area (Å²) in [4.78, 5) is 8.85. The van der Waals surface area contributed by atoms with Crippen molar-refractivity contribution in [3.05, 3.63) is 42.4 Å². The van der Waals surface area contributed by atoms with Gasteiger partial charge in [0.2, 0.25) is 5.88 Å². The fourth-order valence-corrected chi connectivity index (χ4v) is 2.46. The third-order valence-electron chi connectivity index (χ3n) is 3.55. The van der Waals surface area contributed by atoms with Crippen LogP contribution in [0.2, 0.25) is 0 Å². The molecule has 2 aromatic heterocycles. The van der Waals surface area contributed by atoms with E-state index in [-0.39, 0.29) is 0 Å². The van der Waals surface area contributed by atoms with Crippen molar-refractivity contribution in [3.8, 4) is 28.3 Å². The van der Waals surface area contributed by atoms with E-state index in [9.17, 15) is 0 Å². The van der Waals surface area contributed by atoms with Crippen molar-refractivity contribution in [1.29, 1.82) is 0 Å². The van der Waals surface area contributed by atoms with Gasteiger partial charge in [-0.2, -0.15) is 10.1 Å². The van der Waals surface area contributed by atoms with E-state index in [2.05, 4.69) is 43.7 Å². The Kier molecular flexibility index (Phi) is 2.60. The number of nitrogens with one attached hydrogen (secondary N) is 2. The molecule has 1 aliphatic heterocycles. The van der Waals surface area contributed by atoms with E-state index in [4.69, 9.17) is 4.74 Å². The molecule has 0 saturated carbocycles. The molecular weight excluding hydrogens is 266 g/mol. The minimum atomic E-state index is 0.496. The van der Waals surface area contributed by atoms with Gasteiger partial charge in [-0.25, -0.2) is 4.98 Å². The SMILES string of the molecule is CNc1cnc2c(n1)OCc1cc(-c3cn[nH]c3)ccc1-2. The summed E-state index contributed by atoms with van der Waals surface area (Å²) in [6.45, 7) is 0.496. The average Bonchev–Trinajstić information content (AvgIpc) is 3.08. The molecule has 21 heavy (non-hydrogen) atoms. The Morgan fingerprint density at radius 1 is 1.24 bits per heavy atom. The van der Waals surface area contributed by atoms with Crippen LogP contribution in [-0.4, -0.2) is 27.2 Å². The maximum absolute atomic E-state index is 5.73. The predicted molar refractivity (Wildman–Crippen MR) is 78.9 cm³/mol. The first-order valence-electron chi connectivity index (χ1n) is 6.65. The highest BCUT2D eigenvalue weighted by Gasteiger charge is 2.20. The average molecular weight is 279 g/mol. The Balaban J connectivity index is 1.81. The van der Waals surface area contributed by atoms with Gasteiger partial charge in [0.1, 0.15) is 18.1 Å². The van der Waals surface area contributed by atoms with Crippen LogP contribution < -0.4 is 10.1 Å². The molecule has 0 unspecified atom stereocenters. The van der Waals surface area contributed by atoms with E-state index in [0.29, 0.717) is 18.3 Å². The van der Waals surface area contributed by atoms with Crippen molar-refractivity contribution < 1.29 is 4.74 Å². The topological polar surface area (TPSA) is 75.7 Å². The minimum absolute atomic E-state index is 0.496. The second kappa shape index (κ2) is 4.59. The summed E-state index contributed by atoms with van der Waals surface area (Å²) >= 11 is 0. The molecule has 0 amide bonds. The molecule has 1 aromatic carbocycles. The lowest BCUT2D eigenvalue weighted by Gasteiger charge is -2.20. The molecular formula is C15H13N5O. The number of aromatic nitrogens is 4. The number of anilines is 1. The zero-order chi connectivity index (χ0) is 14.2. The summed E-state index contributed by atoms with van der Waals surface area (Å²) in [6.07, 6.45) is 5.39. The van der Waals surface area contributed by atoms with Gasteiger partial charge in [-0.3, -0.25) is 5.10 Å². The highest BCUT2D eigenvalue weighted by Crippen LogP contribution is 2.36. The highest BCUT2D eigenvalue weighted by atomic mass is 16.5. The van der Waals surface area contributed by atoms with Gasteiger partial charge in [-0.15, -0.1) is 0 Å². The summed E-state index contributed by atoms with van der Waals surface area (Å²) in [5.74, 6) is 1.28. The second-order valence-electron chi connectivity index (χ2n) is 4.81. The first-order chi connectivity index (χ1) is 10.3. The predicted octanol–water partition coefficient (Wildman–Crippen LogP) is 2.47. The molecule has 0 atom stereocenters. The van der Waals surface area contributed by atoms with Crippen molar-refractivity contribution in [2.45, 2.75) is 6.61 Å². The molecule has 4 rings (SSSR count). The maximum atomic E-state index is 5.73. The van der Waals surface area contributed by atoms with Crippen LogP contribution in [0.3, 0.4) is 0 Å². The Morgan fingerprint density at radius 2 is 2.19 bits per heavy atom. The molecule has 0 spiro atoms. The third kappa shape index (κ3) is 1.92. The summed E-state index contributed by atoms with van der Waals surface area (Å²) < 4.78 is 5.73. The number of hydrogen-bond acceptors (Lipinski definition) is 5. The highest BCUT2D eigenvalue weighted by molar-refractivity contribution is 5.75. The minimum Gasteiger partial charge on any atom is -0.471 e. The standard InChI is InChI=1S/C15H13N5O/c1-16-13-7-17-14-12-3-2-9(11-5-18-19-6-11)4-10(12)8-21-15(14)20-13/h2-7H,8H2,1H3,(H,16,20)(H,18,19). The number of H-pyrrole nitrogens is 1. The molecule has 0 bridgehead atoms. The van der Waals surface area contributed by atoms with Gasteiger partial charge in [-0.1, -0.05) is 12.1 Å². The lowest BCUT2D eigenvalue weighted by atomic mass is 9.98. The number of benzene rings is 1. The van der Waals surface area contributed by atoms with Gasteiger partial charge < -0.3 is 10.1 Å². The molecule has 6 heteroatoms. The zero-order valence-corrected chi connectivity index (χ0v) is 11.4. The zero-order valence-electron chi connectivity index (χ0n) is 11.4. The van der Waals surface area contributed by atoms with Crippen LogP contribution in [0.1, 0.15) is 5.56 Å². The molecule has 2 N–H and O–H groups in total. The molecule has 0 radical (unpaired) electrons. The Bertz CT molecular complexity index is 798. The van der Waals surface area contributed by atoms with Gasteiger partial charge in [0, 0.05) is 24.4 Å². The largest absolute Gasteiger partial charge is 0.471 e. The van der Waals surface area contributed by atoms with E-state index >= 15 is 0 Å². The summed E-state index contributed by atoms with van der Waals surface area (Å²) in [7, 11) is 1.81. The lowest BCUT2D eigenvalue weighted by molar-refractivity contribution is 0.289. The number of nitrogens with zero attached hydrogens (tertiary/aromatic N) is 3. The maximum Gasteiger partial charge on any atom is 0.242 e. The normalized spacial score (nSPS) is 12.2. The van der Waals surface area contributed by atoms with E-state index < -0.39 is 0 Å². The molecule has 3 aromatic rings. The molecule has 0 saturated heterocycles. The summed E-state index contributed by atoms with van der Waals surface area (Å²) in [5.41, 5.74) is 5.12. The van der Waals surface area contributed by atoms with Crippen LogP contribution in [0.5, 0.6) is 5.88 Å². The number of hydrogen-bond donors (Lipinski definition) is 2. The van der Waals surface area contributed by atoms with Crippen molar-refractivity contribution in [3.63, 3.8) is 0 Å². The van der Waals surface area contributed by atoms with Crippen LogP contribution in [-0.2, 0) is 6.61 Å². The summed E-state index contributed by atoms with van der Waals surface area (Å²) in [5, 5.41) is 9.77. The van der Waals surface area contributed by atoms with E-state index in [1.165, 1.54) is 0 Å². The van der Waals surface area contributed by atoms with Crippen LogP contribution in [0, 0.1) is 0 Å². The first-order valence-corrected chi connectivity index (χ1v) is 6.65. The molecule has 3 heterocycles. The van der Waals surface area contributed by atoms with Crippen LogP contribution in [0.4, 0.5) is 5.82 Å². The Hall–Kier alpha value is -2.89. The number of ether oxygens (including phenoxy) is 1. The second-order valence-corrected chi connectivity index (χ2v) is 4.81. The van der Waals surface area contributed by atoms with Crippen LogP contribution in [0.25, 0.3) is 22.4 Å². The third-order valence-corrected chi connectivity index (χ3v) is 3.55. The molecule has 0 aliphatic carbocycles. The van der Waals surface area contributed by atoms with E-state index in [1.807, 2.05) is 13.2 Å². The molecule has 6 nitrogen and oxygen atoms in total. The summed E-state index contributed by atoms with van der Waals surface area (Å²) in [6, 6.07) is 6.23. The molecule has 0 fully saturated rings. The van der Waals surface area contributed by atoms with Crippen molar-refractivity contribution in [2.24, 2.45) is 0 Å². The fourth-order valence-electron chi connectivity index (χ4n) is 2.46. The van der Waals surface area contributed by atoms with Gasteiger partial charge in [0.05, 0.1) is 12.4 Å². The lowest BCUT2D eigenvalue weighted by Crippen LogP contribution is -2.09. The van der Waals surface area contributed by atoms with E-state index in [1.54, 1.807) is 12.4 Å². The van der Waals surface area contributed by atoms with Crippen LogP contribution in [0.15, 0.2) is 36.8 Å². The van der Waals surface area contributed by atoms with Gasteiger partial charge in [0.25, 0.3) is 0 Å². The van der Waals surface area contributed by atoms with Gasteiger partial charge in [-0.05, 0) is 17.2 Å². The number of rotatable bonds is 2. The Labute approximate surface area is 121 Å². The first kappa shape index (κ1) is 11.9. The molecule has 1 aliphatic rings. The van der Waals surface area contributed by atoms with Gasteiger partial charge >= 0.3 is 0 Å². The monoisotopic (exact) mass is 279 g/mol. The van der Waals surface area contributed by atoms with Crippen LogP contribution >= 0.6 is 0 Å². The van der Waals surface area contributed by atoms with Gasteiger partial charge in [0.15, 0.2) is 0 Å².